The fourth-order valence-corrected chi connectivity index (χ4v) is 2.28. The van der Waals surface area contributed by atoms with E-state index >= 15 is 0 Å². The minimum absolute atomic E-state index is 0.191. The third kappa shape index (κ3) is 3.89. The van der Waals surface area contributed by atoms with Gasteiger partial charge in [0.1, 0.15) is 5.82 Å². The lowest BCUT2D eigenvalue weighted by Crippen LogP contribution is -2.34. The van der Waals surface area contributed by atoms with Crippen LogP contribution in [-0.4, -0.2) is 42.1 Å². The first kappa shape index (κ1) is 13.7. The van der Waals surface area contributed by atoms with Crippen LogP contribution in [0.25, 0.3) is 11.0 Å². The average molecular weight is 258 g/mol. The van der Waals surface area contributed by atoms with Crippen LogP contribution in [0, 0.1) is 5.41 Å². The predicted molar refractivity (Wildman–Crippen MR) is 80.4 cm³/mol. The van der Waals surface area contributed by atoms with E-state index < -0.39 is 0 Å². The van der Waals surface area contributed by atoms with E-state index in [1.807, 2.05) is 24.3 Å². The molecule has 2 rings (SSSR count). The molecule has 1 aromatic carbocycles. The van der Waals surface area contributed by atoms with Gasteiger partial charge in [0, 0.05) is 13.1 Å². The van der Waals surface area contributed by atoms with Gasteiger partial charge in [-0.1, -0.05) is 26.0 Å². The zero-order valence-electron chi connectivity index (χ0n) is 12.1. The van der Waals surface area contributed by atoms with Gasteiger partial charge in [-0.15, -0.1) is 0 Å². The molecule has 0 unspecified atom stereocenters. The summed E-state index contributed by atoms with van der Waals surface area (Å²) in [6.07, 6.45) is 1.80. The number of anilines is 1. The van der Waals surface area contributed by atoms with Gasteiger partial charge in [0.2, 0.25) is 0 Å². The molecule has 1 aromatic heterocycles. The maximum atomic E-state index is 4.57. The van der Waals surface area contributed by atoms with E-state index in [1.54, 1.807) is 6.20 Å². The summed E-state index contributed by atoms with van der Waals surface area (Å²) in [6, 6.07) is 7.92. The minimum atomic E-state index is 0.191. The summed E-state index contributed by atoms with van der Waals surface area (Å²) < 4.78 is 0. The molecule has 0 amide bonds. The lowest BCUT2D eigenvalue weighted by molar-refractivity contribution is 0.254. The van der Waals surface area contributed by atoms with Crippen LogP contribution >= 0.6 is 0 Å². The number of nitrogens with one attached hydrogen (secondary N) is 1. The maximum absolute atomic E-state index is 4.57. The summed E-state index contributed by atoms with van der Waals surface area (Å²) in [6.45, 7) is 6.39. The van der Waals surface area contributed by atoms with Gasteiger partial charge in [-0.3, -0.25) is 4.98 Å². The molecular weight excluding hydrogens is 236 g/mol. The van der Waals surface area contributed by atoms with E-state index in [0.717, 1.165) is 29.9 Å². The molecule has 0 saturated heterocycles. The smallest absolute Gasteiger partial charge is 0.145 e. The number of hydrogen-bond donors (Lipinski definition) is 1. The Bertz CT molecular complexity index is 549. The van der Waals surface area contributed by atoms with Crippen molar-refractivity contribution in [1.29, 1.82) is 0 Å². The monoisotopic (exact) mass is 258 g/mol. The van der Waals surface area contributed by atoms with Crippen LogP contribution in [0.5, 0.6) is 0 Å². The molecule has 2 aromatic rings. The van der Waals surface area contributed by atoms with Crippen LogP contribution < -0.4 is 5.32 Å². The second-order valence-electron chi connectivity index (χ2n) is 6.00. The summed E-state index contributed by atoms with van der Waals surface area (Å²) in [5, 5.41) is 3.38. The van der Waals surface area contributed by atoms with Crippen molar-refractivity contribution in [3.8, 4) is 0 Å². The average Bonchev–Trinajstić information content (AvgIpc) is 2.35. The second kappa shape index (κ2) is 5.53. The Morgan fingerprint density at radius 2 is 1.84 bits per heavy atom. The molecular formula is C15H22N4. The minimum Gasteiger partial charge on any atom is -0.368 e. The number of para-hydroxylation sites is 2. The van der Waals surface area contributed by atoms with Gasteiger partial charge in [0.15, 0.2) is 0 Å². The quantitative estimate of drug-likeness (QED) is 0.895. The van der Waals surface area contributed by atoms with Crippen LogP contribution in [0.3, 0.4) is 0 Å². The van der Waals surface area contributed by atoms with Crippen molar-refractivity contribution >= 4 is 16.9 Å². The third-order valence-electron chi connectivity index (χ3n) is 2.94. The molecule has 4 nitrogen and oxygen atoms in total. The van der Waals surface area contributed by atoms with Gasteiger partial charge in [-0.05, 0) is 31.6 Å². The van der Waals surface area contributed by atoms with Gasteiger partial charge >= 0.3 is 0 Å². The largest absolute Gasteiger partial charge is 0.368 e. The molecule has 102 valence electrons. The molecule has 19 heavy (non-hydrogen) atoms. The highest BCUT2D eigenvalue weighted by Crippen LogP contribution is 2.17. The first-order valence-electron chi connectivity index (χ1n) is 6.57. The van der Waals surface area contributed by atoms with Crippen LogP contribution in [0.1, 0.15) is 13.8 Å². The molecule has 1 N–H and O–H groups in total. The first-order valence-corrected chi connectivity index (χ1v) is 6.57. The number of hydrogen-bond acceptors (Lipinski definition) is 4. The van der Waals surface area contributed by atoms with Crippen LogP contribution in [-0.2, 0) is 0 Å². The number of nitrogens with zero attached hydrogens (tertiary/aromatic N) is 3. The zero-order chi connectivity index (χ0) is 13.9. The molecule has 4 heteroatoms. The van der Waals surface area contributed by atoms with Crippen molar-refractivity contribution in [3.63, 3.8) is 0 Å². The molecule has 0 aliphatic rings. The predicted octanol–water partition coefficient (Wildman–Crippen LogP) is 2.63. The Morgan fingerprint density at radius 3 is 2.53 bits per heavy atom. The van der Waals surface area contributed by atoms with Gasteiger partial charge in [-0.2, -0.15) is 0 Å². The maximum Gasteiger partial charge on any atom is 0.145 e. The third-order valence-corrected chi connectivity index (χ3v) is 2.94. The Morgan fingerprint density at radius 1 is 1.16 bits per heavy atom. The number of benzene rings is 1. The lowest BCUT2D eigenvalue weighted by Gasteiger charge is -2.28. The fraction of sp³-hybridized carbons (Fsp3) is 0.467. The van der Waals surface area contributed by atoms with Crippen molar-refractivity contribution < 1.29 is 0 Å². The summed E-state index contributed by atoms with van der Waals surface area (Å²) in [7, 11) is 4.19. The van der Waals surface area contributed by atoms with Crippen molar-refractivity contribution in [1.82, 2.24) is 14.9 Å². The summed E-state index contributed by atoms with van der Waals surface area (Å²) in [4.78, 5) is 11.2. The van der Waals surface area contributed by atoms with Gasteiger partial charge in [-0.25, -0.2) is 4.98 Å². The number of aromatic nitrogens is 2. The summed E-state index contributed by atoms with van der Waals surface area (Å²) in [5.41, 5.74) is 2.05. The molecule has 0 bridgehead atoms. The van der Waals surface area contributed by atoms with E-state index in [2.05, 4.69) is 48.1 Å². The molecule has 0 atom stereocenters. The SMILES string of the molecule is CN(C)CC(C)(C)CNc1cnc2ccccc2n1. The number of fused-ring (bicyclic) bond motifs is 1. The molecule has 0 spiro atoms. The molecule has 0 fully saturated rings. The van der Waals surface area contributed by atoms with Gasteiger partial charge in [0.05, 0.1) is 17.2 Å². The molecule has 0 aliphatic heterocycles. The van der Waals surface area contributed by atoms with E-state index in [-0.39, 0.29) is 5.41 Å². The second-order valence-corrected chi connectivity index (χ2v) is 6.00. The first-order chi connectivity index (χ1) is 8.96. The van der Waals surface area contributed by atoms with Crippen LogP contribution in [0.4, 0.5) is 5.82 Å². The van der Waals surface area contributed by atoms with Crippen molar-refractivity contribution in [2.24, 2.45) is 5.41 Å². The van der Waals surface area contributed by atoms with Crippen molar-refractivity contribution in [2.45, 2.75) is 13.8 Å². The summed E-state index contributed by atoms with van der Waals surface area (Å²) >= 11 is 0. The molecule has 0 aliphatic carbocycles. The van der Waals surface area contributed by atoms with E-state index in [1.165, 1.54) is 0 Å². The normalized spacial score (nSPS) is 12.1. The van der Waals surface area contributed by atoms with Crippen LogP contribution in [0.15, 0.2) is 30.5 Å². The van der Waals surface area contributed by atoms with Gasteiger partial charge in [0.25, 0.3) is 0 Å². The highest BCUT2D eigenvalue weighted by molar-refractivity contribution is 5.75. The number of rotatable bonds is 5. The standard InChI is InChI=1S/C15H22N4/c1-15(2,11-19(3)4)10-17-14-9-16-12-7-5-6-8-13(12)18-14/h5-9H,10-11H2,1-4H3,(H,17,18). The Kier molecular flexibility index (Phi) is 4.00. The van der Waals surface area contributed by atoms with Gasteiger partial charge < -0.3 is 10.2 Å². The van der Waals surface area contributed by atoms with E-state index in [9.17, 15) is 0 Å². The Labute approximate surface area is 114 Å². The van der Waals surface area contributed by atoms with Crippen molar-refractivity contribution in [2.75, 3.05) is 32.5 Å². The Hall–Kier alpha value is -1.68. The highest BCUT2D eigenvalue weighted by atomic mass is 15.1. The molecule has 0 radical (unpaired) electrons. The van der Waals surface area contributed by atoms with Crippen molar-refractivity contribution in [3.05, 3.63) is 30.5 Å². The van der Waals surface area contributed by atoms with Crippen LogP contribution in [0.2, 0.25) is 0 Å². The van der Waals surface area contributed by atoms with E-state index in [4.69, 9.17) is 0 Å². The molecule has 0 saturated carbocycles. The zero-order valence-corrected chi connectivity index (χ0v) is 12.1. The highest BCUT2D eigenvalue weighted by Gasteiger charge is 2.18. The topological polar surface area (TPSA) is 41.0 Å². The summed E-state index contributed by atoms with van der Waals surface area (Å²) in [5.74, 6) is 0.838. The lowest BCUT2D eigenvalue weighted by atomic mass is 9.93. The molecule has 1 heterocycles. The fourth-order valence-electron chi connectivity index (χ4n) is 2.28. The Balaban J connectivity index is 2.05. The van der Waals surface area contributed by atoms with E-state index in [0.29, 0.717) is 0 Å².